The minimum Gasteiger partial charge on any atom is -0.506 e. The summed E-state index contributed by atoms with van der Waals surface area (Å²) in [6.45, 7) is 1.45. The molecule has 2 aromatic heterocycles. The number of hydrogen-bond donors (Lipinski definition) is 6. The highest BCUT2D eigenvalue weighted by atomic mass is 16.6. The number of carbonyl (C=O) groups excluding carboxylic acids is 1. The fourth-order valence-corrected chi connectivity index (χ4v) is 7.22. The molecule has 1 saturated carbocycles. The lowest BCUT2D eigenvalue weighted by molar-refractivity contribution is 0.0800. The van der Waals surface area contributed by atoms with Gasteiger partial charge in [0.2, 0.25) is 5.56 Å². The van der Waals surface area contributed by atoms with Crippen LogP contribution in [0, 0.1) is 0 Å². The number of amides is 1. The van der Waals surface area contributed by atoms with Crippen molar-refractivity contribution in [3.63, 3.8) is 0 Å². The molecule has 4 aromatic carbocycles. The number of hydrogen-bond acceptors (Lipinski definition) is 9. The highest BCUT2D eigenvalue weighted by Crippen LogP contribution is 2.31. The van der Waals surface area contributed by atoms with Crippen LogP contribution in [0.25, 0.3) is 33.1 Å². The van der Waals surface area contributed by atoms with E-state index in [1.807, 2.05) is 66.3 Å². The van der Waals surface area contributed by atoms with Crippen LogP contribution in [0.2, 0.25) is 0 Å². The Balaban J connectivity index is 0.951. The van der Waals surface area contributed by atoms with Crippen LogP contribution in [0.3, 0.4) is 0 Å². The molecule has 1 amide bonds. The molecule has 2 heterocycles. The van der Waals surface area contributed by atoms with Crippen LogP contribution in [0.4, 0.5) is 10.5 Å². The normalized spacial score (nSPS) is 16.5. The molecule has 12 nitrogen and oxygen atoms in total. The third-order valence-corrected chi connectivity index (χ3v) is 10.1. The molecular formula is C41H45N7O5. The third kappa shape index (κ3) is 8.57. The van der Waals surface area contributed by atoms with Crippen molar-refractivity contribution in [3.8, 4) is 16.9 Å². The summed E-state index contributed by atoms with van der Waals surface area (Å²) in [4.78, 5) is 27.4. The smallest absolute Gasteiger partial charge is 0.411 e. The average Bonchev–Trinajstić information content (AvgIpc) is 3.58. The maximum atomic E-state index is 13.1. The Morgan fingerprint density at radius 2 is 1.79 bits per heavy atom. The van der Waals surface area contributed by atoms with E-state index in [9.17, 15) is 19.8 Å². The zero-order valence-corrected chi connectivity index (χ0v) is 29.7. The van der Waals surface area contributed by atoms with Gasteiger partial charge in [0.1, 0.15) is 17.4 Å². The van der Waals surface area contributed by atoms with E-state index in [1.54, 1.807) is 12.1 Å². The van der Waals surface area contributed by atoms with Crippen LogP contribution in [0.5, 0.6) is 5.75 Å². The van der Waals surface area contributed by atoms with Gasteiger partial charge < -0.3 is 30.6 Å². The number of aliphatic hydroxyl groups excluding tert-OH is 1. The van der Waals surface area contributed by atoms with E-state index in [0.29, 0.717) is 35.6 Å². The summed E-state index contributed by atoms with van der Waals surface area (Å²) < 4.78 is 7.75. The molecule has 0 spiro atoms. The highest BCUT2D eigenvalue weighted by Gasteiger charge is 2.23. The van der Waals surface area contributed by atoms with Gasteiger partial charge in [0.05, 0.1) is 22.8 Å². The van der Waals surface area contributed by atoms with Crippen molar-refractivity contribution in [2.24, 2.45) is 0 Å². The predicted molar refractivity (Wildman–Crippen MR) is 206 cm³/mol. The van der Waals surface area contributed by atoms with Crippen molar-refractivity contribution in [3.05, 3.63) is 118 Å². The Morgan fingerprint density at radius 1 is 0.981 bits per heavy atom. The summed E-state index contributed by atoms with van der Waals surface area (Å²) in [5, 5.41) is 40.1. The van der Waals surface area contributed by atoms with E-state index in [0.717, 1.165) is 77.5 Å². The largest absolute Gasteiger partial charge is 0.506 e. The lowest BCUT2D eigenvalue weighted by Gasteiger charge is -2.28. The summed E-state index contributed by atoms with van der Waals surface area (Å²) >= 11 is 0. The van der Waals surface area contributed by atoms with Crippen LogP contribution < -0.4 is 21.5 Å². The molecule has 7 rings (SSSR count). The van der Waals surface area contributed by atoms with Crippen molar-refractivity contribution >= 4 is 33.7 Å². The van der Waals surface area contributed by atoms with E-state index in [-0.39, 0.29) is 24.0 Å². The predicted octanol–water partition coefficient (Wildman–Crippen LogP) is 6.18. The number of aryl methyl sites for hydroxylation is 2. The molecule has 1 fully saturated rings. The first-order valence-electron chi connectivity index (χ1n) is 18.2. The molecular weight excluding hydrogens is 670 g/mol. The van der Waals surface area contributed by atoms with Gasteiger partial charge in [0.15, 0.2) is 0 Å². The maximum Gasteiger partial charge on any atom is 0.411 e. The van der Waals surface area contributed by atoms with E-state index >= 15 is 0 Å². The molecule has 12 heteroatoms. The number of ether oxygens (including phenoxy) is 1. The molecule has 0 unspecified atom stereocenters. The van der Waals surface area contributed by atoms with Gasteiger partial charge in [-0.3, -0.25) is 10.1 Å². The van der Waals surface area contributed by atoms with Crippen LogP contribution in [0.15, 0.2) is 95.8 Å². The second-order valence-corrected chi connectivity index (χ2v) is 13.7. The number of H-pyrrole nitrogens is 1. The lowest BCUT2D eigenvalue weighted by atomic mass is 9.93. The van der Waals surface area contributed by atoms with Crippen molar-refractivity contribution in [2.45, 2.75) is 69.9 Å². The maximum absolute atomic E-state index is 13.1. The van der Waals surface area contributed by atoms with Gasteiger partial charge in [-0.2, -0.15) is 0 Å². The molecule has 0 radical (unpaired) electrons. The Kier molecular flexibility index (Phi) is 11.1. The average molecular weight is 716 g/mol. The third-order valence-electron chi connectivity index (χ3n) is 10.1. The van der Waals surface area contributed by atoms with Gasteiger partial charge >= 0.3 is 6.09 Å². The minimum absolute atomic E-state index is 0.0427. The summed E-state index contributed by atoms with van der Waals surface area (Å²) in [5.41, 5.74) is 7.12. The Hall–Kier alpha value is -5.56. The summed E-state index contributed by atoms with van der Waals surface area (Å²) in [6, 6.07) is 28.9. The van der Waals surface area contributed by atoms with Gasteiger partial charge in [0, 0.05) is 42.7 Å². The molecule has 6 aromatic rings. The molecule has 1 atom stereocenters. The standard InChI is InChI=1S/C41H45N7O5/c1-42-29-11-13-30(14-12-29)53-41(52)44-34-22-26(9-15-31(34)28-7-3-2-4-8-28)6-5-21-48-36-18-10-27(23-35(36)46-47-48)24-43-25-38(50)32-16-19-37(49)40-33(32)17-20-39(51)45-40/h2-4,7-10,15-20,22-23,29-30,38,42-43,49-50H,5-6,11-14,21,24-25H2,1H3,(H,44,52)(H,45,51)/t29?,30?,38-/m0/s1. The van der Waals surface area contributed by atoms with Gasteiger partial charge in [0.25, 0.3) is 0 Å². The fourth-order valence-electron chi connectivity index (χ4n) is 7.22. The molecule has 0 aliphatic heterocycles. The number of anilines is 1. The highest BCUT2D eigenvalue weighted by molar-refractivity contribution is 5.92. The fraction of sp³-hybridized carbons (Fsp3) is 0.317. The van der Waals surface area contributed by atoms with Crippen molar-refractivity contribution in [1.29, 1.82) is 0 Å². The van der Waals surface area contributed by atoms with E-state index < -0.39 is 12.2 Å². The quantitative estimate of drug-likeness (QED) is 0.0819. The van der Waals surface area contributed by atoms with Crippen molar-refractivity contribution in [2.75, 3.05) is 18.9 Å². The van der Waals surface area contributed by atoms with E-state index in [1.165, 1.54) is 12.1 Å². The van der Waals surface area contributed by atoms with Crippen molar-refractivity contribution < 1.29 is 19.7 Å². The summed E-state index contributed by atoms with van der Waals surface area (Å²) in [7, 11) is 1.98. The summed E-state index contributed by atoms with van der Waals surface area (Å²) in [5.74, 6) is -0.0427. The second-order valence-electron chi connectivity index (χ2n) is 13.7. The Labute approximate surface area is 307 Å². The number of phenols is 1. The molecule has 1 aliphatic rings. The zero-order chi connectivity index (χ0) is 36.7. The second kappa shape index (κ2) is 16.4. The monoisotopic (exact) mass is 715 g/mol. The number of fused-ring (bicyclic) bond motifs is 2. The first-order chi connectivity index (χ1) is 25.8. The van der Waals surface area contributed by atoms with Crippen LogP contribution in [0.1, 0.15) is 54.9 Å². The Bertz CT molecular complexity index is 2250. The number of aromatic nitrogens is 4. The minimum atomic E-state index is -0.850. The van der Waals surface area contributed by atoms with Gasteiger partial charge in [-0.15, -0.1) is 5.10 Å². The van der Waals surface area contributed by atoms with Crippen LogP contribution in [-0.2, 0) is 24.2 Å². The van der Waals surface area contributed by atoms with E-state index in [4.69, 9.17) is 4.74 Å². The van der Waals surface area contributed by atoms with Crippen LogP contribution in [-0.4, -0.2) is 62.0 Å². The summed E-state index contributed by atoms with van der Waals surface area (Å²) in [6.07, 6.45) is 3.97. The number of benzene rings is 4. The first-order valence-corrected chi connectivity index (χ1v) is 18.2. The number of carbonyl (C=O) groups is 1. The number of nitrogens with one attached hydrogen (secondary N) is 4. The number of rotatable bonds is 13. The molecule has 53 heavy (non-hydrogen) atoms. The van der Waals surface area contributed by atoms with Crippen molar-refractivity contribution in [1.82, 2.24) is 30.6 Å². The number of aromatic hydroxyl groups is 1. The molecule has 6 N–H and O–H groups in total. The molecule has 1 aliphatic carbocycles. The zero-order valence-electron chi connectivity index (χ0n) is 29.7. The van der Waals surface area contributed by atoms with Gasteiger partial charge in [-0.25, -0.2) is 9.48 Å². The molecule has 274 valence electrons. The molecule has 0 bridgehead atoms. The molecule has 0 saturated heterocycles. The lowest BCUT2D eigenvalue weighted by Crippen LogP contribution is -2.34. The number of pyridine rings is 1. The van der Waals surface area contributed by atoms with Gasteiger partial charge in [-0.05, 0) is 98.2 Å². The van der Waals surface area contributed by atoms with Crippen LogP contribution >= 0.6 is 0 Å². The number of aromatic amines is 1. The number of nitrogens with zero attached hydrogens (tertiary/aromatic N) is 3. The van der Waals surface area contributed by atoms with Gasteiger partial charge in [-0.1, -0.05) is 59.8 Å². The Morgan fingerprint density at radius 3 is 2.60 bits per heavy atom. The number of aliphatic hydroxyl groups is 1. The number of phenolic OH excluding ortho intramolecular Hbond substituents is 1. The SMILES string of the molecule is CNC1CCC(OC(=O)Nc2cc(CCCn3nnc4cc(CNC[C@H](O)c5ccc(O)c6[nH]c(=O)ccc56)ccc43)ccc2-c2ccccc2)CC1. The topological polar surface area (TPSA) is 166 Å². The first kappa shape index (κ1) is 35.8. The van der Waals surface area contributed by atoms with E-state index in [2.05, 4.69) is 43.4 Å².